The van der Waals surface area contributed by atoms with E-state index in [1.165, 1.54) is 10.9 Å². The highest BCUT2D eigenvalue weighted by Gasteiger charge is 2.18. The van der Waals surface area contributed by atoms with Crippen molar-refractivity contribution < 1.29 is 9.90 Å². The number of carboxylic acids is 1. The molecule has 2 aromatic heterocycles. The molecule has 0 aliphatic heterocycles. The quantitative estimate of drug-likeness (QED) is 0.610. The first-order valence-corrected chi connectivity index (χ1v) is 8.30. The van der Waals surface area contributed by atoms with Crippen LogP contribution in [0.4, 0.5) is 0 Å². The van der Waals surface area contributed by atoms with Crippen molar-refractivity contribution in [3.63, 3.8) is 0 Å². The largest absolute Gasteiger partial charge is 0.478 e. The van der Waals surface area contributed by atoms with Crippen molar-refractivity contribution in [1.29, 1.82) is 0 Å². The maximum atomic E-state index is 11.4. The molecule has 2 heterocycles. The number of benzene rings is 2. The van der Waals surface area contributed by atoms with E-state index < -0.39 is 5.97 Å². The van der Waals surface area contributed by atoms with Gasteiger partial charge in [0, 0.05) is 24.5 Å². The summed E-state index contributed by atoms with van der Waals surface area (Å²) in [4.78, 5) is 16.2. The third-order valence-corrected chi connectivity index (χ3v) is 4.78. The smallest absolute Gasteiger partial charge is 0.335 e. The number of aromatic nitrogens is 3. The Balaban J connectivity index is 2.04. The number of aryl methyl sites for hydroxylation is 3. The molecule has 4 aromatic rings. The van der Waals surface area contributed by atoms with Crippen molar-refractivity contribution in [3.8, 4) is 11.5 Å². The van der Waals surface area contributed by atoms with E-state index in [2.05, 4.69) is 29.7 Å². The summed E-state index contributed by atoms with van der Waals surface area (Å²) in [5.74, 6) is -0.0749. The molecule has 0 atom stereocenters. The number of hydrogen-bond acceptors (Lipinski definition) is 2. The first-order valence-electron chi connectivity index (χ1n) is 8.30. The van der Waals surface area contributed by atoms with Gasteiger partial charge in [-0.15, -0.1) is 0 Å². The summed E-state index contributed by atoms with van der Waals surface area (Å²) in [6, 6.07) is 13.8. The fourth-order valence-electron chi connectivity index (χ4n) is 3.55. The van der Waals surface area contributed by atoms with E-state index in [4.69, 9.17) is 4.98 Å². The van der Waals surface area contributed by atoms with Crippen molar-refractivity contribution >= 4 is 27.9 Å². The molecule has 0 unspecified atom stereocenters. The van der Waals surface area contributed by atoms with E-state index in [9.17, 15) is 9.90 Å². The van der Waals surface area contributed by atoms with Crippen LogP contribution in [0.5, 0.6) is 0 Å². The maximum absolute atomic E-state index is 11.4. The number of rotatable bonds is 3. The Kier molecular flexibility index (Phi) is 3.39. The number of carboxylic acid groups (broad SMARTS) is 1. The van der Waals surface area contributed by atoms with Crippen LogP contribution < -0.4 is 0 Å². The zero-order valence-electron chi connectivity index (χ0n) is 14.4. The summed E-state index contributed by atoms with van der Waals surface area (Å²) in [5, 5.41) is 10.5. The fraction of sp³-hybridized carbons (Fsp3) is 0.200. The van der Waals surface area contributed by atoms with Crippen LogP contribution in [-0.2, 0) is 13.6 Å². The van der Waals surface area contributed by atoms with Crippen molar-refractivity contribution in [1.82, 2.24) is 14.1 Å². The molecule has 0 fully saturated rings. The number of nitrogens with zero attached hydrogens (tertiary/aromatic N) is 3. The van der Waals surface area contributed by atoms with E-state index in [1.54, 1.807) is 12.1 Å². The van der Waals surface area contributed by atoms with E-state index in [1.807, 2.05) is 30.7 Å². The summed E-state index contributed by atoms with van der Waals surface area (Å²) in [5.41, 5.74) is 5.05. The molecular formula is C20H19N3O2. The predicted octanol–water partition coefficient (Wildman–Crippen LogP) is 4.22. The normalized spacial score (nSPS) is 11.5. The van der Waals surface area contributed by atoms with Gasteiger partial charge in [0.2, 0.25) is 0 Å². The highest BCUT2D eigenvalue weighted by molar-refractivity contribution is 5.95. The minimum Gasteiger partial charge on any atom is -0.478 e. The van der Waals surface area contributed by atoms with Gasteiger partial charge < -0.3 is 14.2 Å². The van der Waals surface area contributed by atoms with E-state index in [0.29, 0.717) is 0 Å². The van der Waals surface area contributed by atoms with Crippen LogP contribution in [0, 0.1) is 6.92 Å². The second kappa shape index (κ2) is 5.48. The molecule has 0 radical (unpaired) electrons. The van der Waals surface area contributed by atoms with Crippen LogP contribution in [0.1, 0.15) is 22.8 Å². The summed E-state index contributed by atoms with van der Waals surface area (Å²) in [6.07, 6.45) is 0. The number of fused-ring (bicyclic) bond motifs is 2. The Morgan fingerprint density at radius 3 is 2.64 bits per heavy atom. The highest BCUT2D eigenvalue weighted by Crippen LogP contribution is 2.31. The van der Waals surface area contributed by atoms with Crippen LogP contribution in [0.3, 0.4) is 0 Å². The van der Waals surface area contributed by atoms with E-state index >= 15 is 0 Å². The minimum atomic E-state index is -0.921. The second-order valence-corrected chi connectivity index (χ2v) is 6.29. The number of para-hydroxylation sites is 1. The number of aromatic carboxylic acids is 1. The lowest BCUT2D eigenvalue weighted by atomic mass is 10.1. The van der Waals surface area contributed by atoms with Crippen LogP contribution in [0.25, 0.3) is 33.5 Å². The van der Waals surface area contributed by atoms with Gasteiger partial charge in [-0.2, -0.15) is 0 Å². The van der Waals surface area contributed by atoms with Gasteiger partial charge in [-0.05, 0) is 43.7 Å². The zero-order chi connectivity index (χ0) is 17.7. The first-order chi connectivity index (χ1) is 12.0. The Labute approximate surface area is 145 Å². The Hall–Kier alpha value is -3.08. The molecule has 0 aliphatic carbocycles. The maximum Gasteiger partial charge on any atom is 0.335 e. The average molecular weight is 333 g/mol. The zero-order valence-corrected chi connectivity index (χ0v) is 14.4. The fourth-order valence-corrected chi connectivity index (χ4v) is 3.55. The Morgan fingerprint density at radius 1 is 1.16 bits per heavy atom. The summed E-state index contributed by atoms with van der Waals surface area (Å²) in [7, 11) is 1.94. The molecule has 2 aromatic carbocycles. The third kappa shape index (κ3) is 2.23. The van der Waals surface area contributed by atoms with Gasteiger partial charge in [0.25, 0.3) is 0 Å². The summed E-state index contributed by atoms with van der Waals surface area (Å²) >= 11 is 0. The lowest BCUT2D eigenvalue weighted by Gasteiger charge is -2.08. The molecule has 0 bridgehead atoms. The molecule has 0 aliphatic rings. The molecule has 25 heavy (non-hydrogen) atoms. The molecule has 5 nitrogen and oxygen atoms in total. The molecule has 0 amide bonds. The molecule has 0 saturated heterocycles. The van der Waals surface area contributed by atoms with Gasteiger partial charge in [-0.3, -0.25) is 0 Å². The minimum absolute atomic E-state index is 0.288. The van der Waals surface area contributed by atoms with Crippen LogP contribution >= 0.6 is 0 Å². The van der Waals surface area contributed by atoms with Crippen molar-refractivity contribution in [2.45, 2.75) is 20.4 Å². The second-order valence-electron chi connectivity index (χ2n) is 6.29. The average Bonchev–Trinajstić information content (AvgIpc) is 3.13. The number of imidazole rings is 1. The predicted molar refractivity (Wildman–Crippen MR) is 99.0 cm³/mol. The molecule has 5 heteroatoms. The van der Waals surface area contributed by atoms with Gasteiger partial charge in [-0.25, -0.2) is 9.78 Å². The molecule has 4 rings (SSSR count). The standard InChI is InChI=1S/C20H19N3O2/c1-4-23-15-8-6-5-7-13(15)10-17(23)19-21-18-12(2)9-14(20(24)25)11-16(18)22(19)3/h5-11H,4H2,1-3H3,(H,24,25). The molecular weight excluding hydrogens is 314 g/mol. The van der Waals surface area contributed by atoms with E-state index in [-0.39, 0.29) is 5.56 Å². The molecule has 0 spiro atoms. The lowest BCUT2D eigenvalue weighted by Crippen LogP contribution is -2.01. The van der Waals surface area contributed by atoms with Crippen molar-refractivity contribution in [2.24, 2.45) is 7.05 Å². The Bertz CT molecular complexity index is 1130. The number of carbonyl (C=O) groups is 1. The van der Waals surface area contributed by atoms with Gasteiger partial charge in [0.05, 0.1) is 22.3 Å². The summed E-state index contributed by atoms with van der Waals surface area (Å²) < 4.78 is 4.22. The number of hydrogen-bond donors (Lipinski definition) is 1. The molecule has 126 valence electrons. The summed E-state index contributed by atoms with van der Waals surface area (Å²) in [6.45, 7) is 4.86. The highest BCUT2D eigenvalue weighted by atomic mass is 16.4. The first kappa shape index (κ1) is 15.4. The van der Waals surface area contributed by atoms with Gasteiger partial charge in [-0.1, -0.05) is 18.2 Å². The lowest BCUT2D eigenvalue weighted by molar-refractivity contribution is 0.0697. The van der Waals surface area contributed by atoms with Crippen LogP contribution in [0.15, 0.2) is 42.5 Å². The monoisotopic (exact) mass is 333 g/mol. The van der Waals surface area contributed by atoms with Crippen molar-refractivity contribution in [2.75, 3.05) is 0 Å². The molecule has 1 N–H and O–H groups in total. The van der Waals surface area contributed by atoms with Gasteiger partial charge in [0.15, 0.2) is 5.82 Å². The van der Waals surface area contributed by atoms with E-state index in [0.717, 1.165) is 34.7 Å². The Morgan fingerprint density at radius 2 is 1.92 bits per heavy atom. The third-order valence-electron chi connectivity index (χ3n) is 4.78. The SMILES string of the molecule is CCn1c(-c2nc3c(C)cc(C(=O)O)cc3n2C)cc2ccccc21. The van der Waals surface area contributed by atoms with Gasteiger partial charge in [0.1, 0.15) is 0 Å². The van der Waals surface area contributed by atoms with Gasteiger partial charge >= 0.3 is 5.97 Å². The topological polar surface area (TPSA) is 60.1 Å². The van der Waals surface area contributed by atoms with Crippen LogP contribution in [-0.4, -0.2) is 25.2 Å². The van der Waals surface area contributed by atoms with Crippen LogP contribution in [0.2, 0.25) is 0 Å². The molecule has 0 saturated carbocycles. The van der Waals surface area contributed by atoms with Crippen molar-refractivity contribution in [3.05, 3.63) is 53.6 Å².